The Morgan fingerprint density at radius 2 is 1.73 bits per heavy atom. The van der Waals surface area contributed by atoms with Gasteiger partial charge >= 0.3 is 0 Å². The van der Waals surface area contributed by atoms with Crippen molar-refractivity contribution in [2.75, 3.05) is 14.2 Å². The molecule has 0 aliphatic heterocycles. The van der Waals surface area contributed by atoms with Crippen molar-refractivity contribution < 1.29 is 18.7 Å². The predicted octanol–water partition coefficient (Wildman–Crippen LogP) is 4.32. The number of ether oxygens (including phenoxy) is 2. The van der Waals surface area contributed by atoms with Gasteiger partial charge in [-0.2, -0.15) is 0 Å². The summed E-state index contributed by atoms with van der Waals surface area (Å²) in [4.78, 5) is 12.1. The van der Waals surface area contributed by atoms with Crippen molar-refractivity contribution in [3.63, 3.8) is 0 Å². The van der Waals surface area contributed by atoms with Gasteiger partial charge in [-0.1, -0.05) is 12.1 Å². The molecule has 0 saturated carbocycles. The van der Waals surface area contributed by atoms with Gasteiger partial charge in [0.25, 0.3) is 0 Å². The number of hydrogen-bond acceptors (Lipinski definition) is 4. The minimum Gasteiger partial charge on any atom is -0.497 e. The maximum Gasteiger partial charge on any atom is 0.177 e. The van der Waals surface area contributed by atoms with Crippen LogP contribution in [0, 0.1) is 0 Å². The van der Waals surface area contributed by atoms with E-state index >= 15 is 0 Å². The normalized spacial score (nSPS) is 10.7. The summed E-state index contributed by atoms with van der Waals surface area (Å²) in [5, 5.41) is 0.762. The van der Waals surface area contributed by atoms with E-state index in [1.54, 1.807) is 14.2 Å². The van der Waals surface area contributed by atoms with Crippen molar-refractivity contribution in [1.82, 2.24) is 0 Å². The first kappa shape index (κ1) is 14.2. The second kappa shape index (κ2) is 5.56. The lowest BCUT2D eigenvalue weighted by molar-refractivity contribution is 0.101. The Labute approximate surface area is 128 Å². The predicted molar refractivity (Wildman–Crippen MR) is 84.8 cm³/mol. The molecule has 0 radical (unpaired) electrons. The molecule has 0 saturated heterocycles. The van der Waals surface area contributed by atoms with Gasteiger partial charge in [0.05, 0.1) is 19.8 Å². The number of benzene rings is 2. The third-order valence-corrected chi connectivity index (χ3v) is 3.60. The molecule has 3 rings (SSSR count). The largest absolute Gasteiger partial charge is 0.497 e. The minimum absolute atomic E-state index is 0.0437. The molecule has 0 amide bonds. The highest BCUT2D eigenvalue weighted by atomic mass is 16.5. The fourth-order valence-corrected chi connectivity index (χ4v) is 2.55. The van der Waals surface area contributed by atoms with Crippen molar-refractivity contribution in [1.29, 1.82) is 0 Å². The van der Waals surface area contributed by atoms with E-state index in [2.05, 4.69) is 0 Å². The molecule has 112 valence electrons. The van der Waals surface area contributed by atoms with Crippen LogP contribution in [0.5, 0.6) is 11.5 Å². The maximum atomic E-state index is 12.1. The Morgan fingerprint density at radius 1 is 1.00 bits per heavy atom. The molecule has 0 aliphatic rings. The van der Waals surface area contributed by atoms with Gasteiger partial charge in [0, 0.05) is 10.9 Å². The Hall–Kier alpha value is -2.75. The van der Waals surface area contributed by atoms with Crippen molar-refractivity contribution >= 4 is 16.8 Å². The van der Waals surface area contributed by atoms with E-state index < -0.39 is 0 Å². The van der Waals surface area contributed by atoms with E-state index in [9.17, 15) is 4.79 Å². The standard InChI is InChI=1S/C18H16O4/c1-11(19)16-14-5-4-6-15(21-3)18(14)22-17(16)12-7-9-13(20-2)10-8-12/h4-10H,1-3H3. The van der Waals surface area contributed by atoms with Gasteiger partial charge in [-0.25, -0.2) is 0 Å². The molecule has 4 nitrogen and oxygen atoms in total. The molecule has 0 atom stereocenters. The molecule has 0 bridgehead atoms. The zero-order chi connectivity index (χ0) is 15.7. The van der Waals surface area contributed by atoms with Crippen LogP contribution in [0.15, 0.2) is 46.9 Å². The second-order valence-corrected chi connectivity index (χ2v) is 4.93. The number of carbonyl (C=O) groups excluding carboxylic acids is 1. The lowest BCUT2D eigenvalue weighted by Crippen LogP contribution is -1.93. The minimum atomic E-state index is -0.0437. The summed E-state index contributed by atoms with van der Waals surface area (Å²) in [7, 11) is 3.19. The molecule has 3 aromatic rings. The van der Waals surface area contributed by atoms with Crippen LogP contribution in [0.25, 0.3) is 22.3 Å². The SMILES string of the molecule is COc1ccc(-c2oc3c(OC)cccc3c2C(C)=O)cc1. The molecule has 0 unspecified atom stereocenters. The molecular formula is C18H16O4. The molecule has 0 aliphatic carbocycles. The summed E-state index contributed by atoms with van der Waals surface area (Å²) >= 11 is 0. The summed E-state index contributed by atoms with van der Waals surface area (Å²) in [6.45, 7) is 1.54. The zero-order valence-corrected chi connectivity index (χ0v) is 12.7. The van der Waals surface area contributed by atoms with E-state index in [-0.39, 0.29) is 5.78 Å². The molecular weight excluding hydrogens is 280 g/mol. The number of para-hydroxylation sites is 1. The lowest BCUT2D eigenvalue weighted by atomic mass is 10.0. The van der Waals surface area contributed by atoms with E-state index in [1.165, 1.54) is 6.92 Å². The highest BCUT2D eigenvalue weighted by Crippen LogP contribution is 2.38. The number of ketones is 1. The van der Waals surface area contributed by atoms with Gasteiger partial charge in [0.2, 0.25) is 0 Å². The lowest BCUT2D eigenvalue weighted by Gasteiger charge is -2.02. The van der Waals surface area contributed by atoms with Crippen molar-refractivity contribution in [3.8, 4) is 22.8 Å². The summed E-state index contributed by atoms with van der Waals surface area (Å²) < 4.78 is 16.4. The molecule has 1 aromatic heterocycles. The van der Waals surface area contributed by atoms with E-state index in [0.717, 1.165) is 16.7 Å². The van der Waals surface area contributed by atoms with Gasteiger partial charge in [-0.15, -0.1) is 0 Å². The average Bonchev–Trinajstić information content (AvgIpc) is 2.94. The van der Waals surface area contributed by atoms with Gasteiger partial charge in [0.15, 0.2) is 17.1 Å². The zero-order valence-electron chi connectivity index (χ0n) is 12.7. The number of fused-ring (bicyclic) bond motifs is 1. The second-order valence-electron chi connectivity index (χ2n) is 4.93. The highest BCUT2D eigenvalue weighted by molar-refractivity contribution is 6.12. The van der Waals surface area contributed by atoms with Crippen LogP contribution in [0.1, 0.15) is 17.3 Å². The quantitative estimate of drug-likeness (QED) is 0.673. The van der Waals surface area contributed by atoms with Crippen LogP contribution >= 0.6 is 0 Å². The topological polar surface area (TPSA) is 48.7 Å². The fourth-order valence-electron chi connectivity index (χ4n) is 2.55. The number of Topliss-reactive ketones (excluding diaryl/α,β-unsaturated/α-hetero) is 1. The Morgan fingerprint density at radius 3 is 2.32 bits per heavy atom. The van der Waals surface area contributed by atoms with Crippen molar-refractivity contribution in [2.24, 2.45) is 0 Å². The van der Waals surface area contributed by atoms with E-state index in [0.29, 0.717) is 22.7 Å². The molecule has 0 N–H and O–H groups in total. The van der Waals surface area contributed by atoms with Crippen LogP contribution in [-0.2, 0) is 0 Å². The highest BCUT2D eigenvalue weighted by Gasteiger charge is 2.21. The first-order chi connectivity index (χ1) is 10.7. The molecule has 4 heteroatoms. The summed E-state index contributed by atoms with van der Waals surface area (Å²) in [5.74, 6) is 1.87. The van der Waals surface area contributed by atoms with Gasteiger partial charge in [0.1, 0.15) is 11.5 Å². The monoisotopic (exact) mass is 296 g/mol. The third-order valence-electron chi connectivity index (χ3n) is 3.60. The van der Waals surface area contributed by atoms with Crippen molar-refractivity contribution in [3.05, 3.63) is 48.0 Å². The smallest absolute Gasteiger partial charge is 0.177 e. The first-order valence-electron chi connectivity index (χ1n) is 6.90. The Kier molecular flexibility index (Phi) is 3.59. The first-order valence-corrected chi connectivity index (χ1v) is 6.90. The number of furan rings is 1. The van der Waals surface area contributed by atoms with Crippen LogP contribution in [-0.4, -0.2) is 20.0 Å². The summed E-state index contributed by atoms with van der Waals surface area (Å²) in [5.41, 5.74) is 1.98. The van der Waals surface area contributed by atoms with E-state index in [4.69, 9.17) is 13.9 Å². The van der Waals surface area contributed by atoms with Crippen LogP contribution in [0.4, 0.5) is 0 Å². The summed E-state index contributed by atoms with van der Waals surface area (Å²) in [6, 6.07) is 12.9. The van der Waals surface area contributed by atoms with Gasteiger partial charge < -0.3 is 13.9 Å². The Balaban J connectivity index is 2.27. The van der Waals surface area contributed by atoms with Crippen molar-refractivity contribution in [2.45, 2.75) is 6.92 Å². The Bertz CT molecular complexity index is 828. The van der Waals surface area contributed by atoms with Gasteiger partial charge in [-0.3, -0.25) is 4.79 Å². The molecule has 1 heterocycles. The average molecular weight is 296 g/mol. The third kappa shape index (κ3) is 2.22. The number of carbonyl (C=O) groups is 1. The van der Waals surface area contributed by atoms with E-state index in [1.807, 2.05) is 42.5 Å². The molecule has 2 aromatic carbocycles. The molecule has 0 fully saturated rings. The van der Waals surface area contributed by atoms with Crippen LogP contribution in [0.3, 0.4) is 0 Å². The number of hydrogen-bond donors (Lipinski definition) is 0. The molecule has 0 spiro atoms. The number of methoxy groups -OCH3 is 2. The maximum absolute atomic E-state index is 12.1. The summed E-state index contributed by atoms with van der Waals surface area (Å²) in [6.07, 6.45) is 0. The number of rotatable bonds is 4. The van der Waals surface area contributed by atoms with Crippen LogP contribution in [0.2, 0.25) is 0 Å². The molecule has 22 heavy (non-hydrogen) atoms. The fraction of sp³-hybridized carbons (Fsp3) is 0.167. The van der Waals surface area contributed by atoms with Crippen LogP contribution < -0.4 is 9.47 Å². The van der Waals surface area contributed by atoms with Gasteiger partial charge in [-0.05, 0) is 37.3 Å².